The first-order valence-electron chi connectivity index (χ1n) is 3.97. The first kappa shape index (κ1) is 16.2. The molecule has 0 radical (unpaired) electrons. The van der Waals surface area contributed by atoms with Gasteiger partial charge in [0.05, 0.1) is 11.0 Å². The summed E-state index contributed by atoms with van der Waals surface area (Å²) >= 11 is 1.20. The number of hydrogen-bond donors (Lipinski definition) is 0. The highest BCUT2D eigenvalue weighted by Gasteiger charge is 2.35. The summed E-state index contributed by atoms with van der Waals surface area (Å²) in [5.74, 6) is -1.16. The van der Waals surface area contributed by atoms with E-state index in [0.717, 1.165) is 0 Å². The number of aromatic nitrogens is 1. The lowest BCUT2D eigenvalue weighted by Gasteiger charge is -2.09. The average molecular weight is 433 g/mol. The summed E-state index contributed by atoms with van der Waals surface area (Å²) in [4.78, 5) is 11.6. The topological polar surface area (TPSA) is 99.4 Å². The van der Waals surface area contributed by atoms with Crippen molar-refractivity contribution in [3.8, 4) is 5.88 Å². The highest BCUT2D eigenvalue weighted by Crippen LogP contribution is 2.34. The van der Waals surface area contributed by atoms with Crippen molar-refractivity contribution in [1.29, 1.82) is 0 Å². The monoisotopic (exact) mass is 432 g/mol. The lowest BCUT2D eigenvalue weighted by Crippen LogP contribution is -2.18. The number of nitro groups is 1. The van der Waals surface area contributed by atoms with Crippen LogP contribution in [0.5, 0.6) is 5.88 Å². The van der Waals surface area contributed by atoms with E-state index < -0.39 is 40.5 Å². The second kappa shape index (κ2) is 5.24. The number of ether oxygens (including phenoxy) is 1. The maximum Gasteiger partial charge on any atom is 0.574 e. The highest BCUT2D eigenvalue weighted by atomic mass is 127. The third-order valence-corrected chi connectivity index (χ3v) is 4.05. The number of halogens is 5. The maximum atomic E-state index is 12.0. The minimum atomic E-state index is -5.12. The van der Waals surface area contributed by atoms with Gasteiger partial charge in [0.2, 0.25) is 5.88 Å². The minimum absolute atomic E-state index is 0.227. The summed E-state index contributed by atoms with van der Waals surface area (Å²) in [6.45, 7) is 0. The molecule has 106 valence electrons. The van der Waals surface area contributed by atoms with Gasteiger partial charge in [-0.1, -0.05) is 0 Å². The first-order chi connectivity index (χ1) is 8.42. The second-order valence-electron chi connectivity index (χ2n) is 2.84. The molecule has 1 aromatic rings. The number of pyridine rings is 1. The predicted molar refractivity (Wildman–Crippen MR) is 63.3 cm³/mol. The van der Waals surface area contributed by atoms with Gasteiger partial charge in [0.15, 0.2) is 4.90 Å². The molecule has 0 saturated carbocycles. The van der Waals surface area contributed by atoms with Gasteiger partial charge in [0.1, 0.15) is 3.70 Å². The van der Waals surface area contributed by atoms with Crippen LogP contribution in [0.1, 0.15) is 0 Å². The van der Waals surface area contributed by atoms with Crippen LogP contribution in [0.25, 0.3) is 0 Å². The SMILES string of the molecule is O=[N+]([O-])c1cc(OC(F)(F)F)nc(I)c1S(=O)(=O)Cl. The van der Waals surface area contributed by atoms with E-state index >= 15 is 0 Å². The van der Waals surface area contributed by atoms with E-state index in [-0.39, 0.29) is 6.07 Å². The van der Waals surface area contributed by atoms with E-state index in [1.54, 1.807) is 0 Å². The molecule has 1 rings (SSSR count). The molecule has 0 aromatic carbocycles. The number of nitrogens with zero attached hydrogens (tertiary/aromatic N) is 2. The van der Waals surface area contributed by atoms with Gasteiger partial charge in [-0.15, -0.1) is 13.2 Å². The van der Waals surface area contributed by atoms with Gasteiger partial charge in [-0.3, -0.25) is 10.1 Å². The van der Waals surface area contributed by atoms with Crippen LogP contribution in [0.2, 0.25) is 0 Å². The molecular formula is C6HClF3IN2O5S. The lowest BCUT2D eigenvalue weighted by molar-refractivity contribution is -0.388. The van der Waals surface area contributed by atoms with Crippen molar-refractivity contribution in [2.75, 3.05) is 0 Å². The third-order valence-electron chi connectivity index (χ3n) is 1.55. The van der Waals surface area contributed by atoms with Crippen molar-refractivity contribution < 1.29 is 31.2 Å². The molecule has 0 amide bonds. The molecule has 7 nitrogen and oxygen atoms in total. The fourth-order valence-electron chi connectivity index (χ4n) is 1.000. The van der Waals surface area contributed by atoms with Crippen molar-refractivity contribution in [2.45, 2.75) is 11.3 Å². The summed E-state index contributed by atoms with van der Waals surface area (Å²) < 4.78 is 60.9. The van der Waals surface area contributed by atoms with Gasteiger partial charge < -0.3 is 4.74 Å². The van der Waals surface area contributed by atoms with Crippen molar-refractivity contribution in [3.05, 3.63) is 19.9 Å². The molecule has 0 atom stereocenters. The molecule has 1 heterocycles. The third kappa shape index (κ3) is 4.31. The van der Waals surface area contributed by atoms with E-state index in [0.29, 0.717) is 0 Å². The van der Waals surface area contributed by atoms with Crippen LogP contribution in [-0.2, 0) is 9.05 Å². The van der Waals surface area contributed by atoms with Gasteiger partial charge in [-0.2, -0.15) is 0 Å². The zero-order valence-electron chi connectivity index (χ0n) is 8.31. The molecule has 0 saturated heterocycles. The summed E-state index contributed by atoms with van der Waals surface area (Å²) in [6, 6.07) is 0.227. The molecule has 0 fully saturated rings. The first-order valence-corrected chi connectivity index (χ1v) is 7.36. The Kier molecular flexibility index (Phi) is 4.46. The number of alkyl halides is 3. The smallest absolute Gasteiger partial charge is 0.388 e. The zero-order valence-corrected chi connectivity index (χ0v) is 12.0. The molecule has 0 aliphatic carbocycles. The molecule has 13 heteroatoms. The van der Waals surface area contributed by atoms with Crippen LogP contribution in [0.15, 0.2) is 11.0 Å². The molecule has 0 bridgehead atoms. The Morgan fingerprint density at radius 1 is 1.47 bits per heavy atom. The van der Waals surface area contributed by atoms with E-state index in [4.69, 9.17) is 10.7 Å². The molecule has 1 aromatic heterocycles. The largest absolute Gasteiger partial charge is 0.574 e. The van der Waals surface area contributed by atoms with Crippen LogP contribution >= 0.6 is 33.3 Å². The van der Waals surface area contributed by atoms with Crippen molar-refractivity contribution >= 4 is 48.0 Å². The van der Waals surface area contributed by atoms with Crippen LogP contribution in [0.3, 0.4) is 0 Å². The number of rotatable bonds is 3. The molecule has 0 spiro atoms. The Hall–Kier alpha value is -0.890. The summed E-state index contributed by atoms with van der Waals surface area (Å²) in [7, 11) is 0.413. The number of hydrogen-bond acceptors (Lipinski definition) is 6. The fourth-order valence-corrected chi connectivity index (χ4v) is 3.86. The van der Waals surface area contributed by atoms with Gasteiger partial charge in [-0.05, 0) is 22.6 Å². The van der Waals surface area contributed by atoms with Crippen molar-refractivity contribution in [2.24, 2.45) is 0 Å². The standard InChI is InChI=1S/C6HClF3IN2O5S/c7-19(16,17)4-2(13(14)15)1-3(12-5(4)11)18-6(8,9)10/h1H. The predicted octanol–water partition coefficient (Wildman–Crippen LogP) is 2.42. The minimum Gasteiger partial charge on any atom is -0.388 e. The lowest BCUT2D eigenvalue weighted by atomic mass is 10.4. The molecular weight excluding hydrogens is 431 g/mol. The van der Waals surface area contributed by atoms with E-state index in [2.05, 4.69) is 9.72 Å². The normalized spacial score (nSPS) is 12.3. The van der Waals surface area contributed by atoms with E-state index in [9.17, 15) is 31.7 Å². The Morgan fingerprint density at radius 2 is 2.00 bits per heavy atom. The van der Waals surface area contributed by atoms with Crippen LogP contribution in [0.4, 0.5) is 18.9 Å². The molecule has 19 heavy (non-hydrogen) atoms. The Morgan fingerprint density at radius 3 is 2.37 bits per heavy atom. The van der Waals surface area contributed by atoms with Gasteiger partial charge >= 0.3 is 6.36 Å². The van der Waals surface area contributed by atoms with Gasteiger partial charge in [0, 0.05) is 10.7 Å². The van der Waals surface area contributed by atoms with Crippen LogP contribution in [-0.4, -0.2) is 24.7 Å². The van der Waals surface area contributed by atoms with Crippen molar-refractivity contribution in [1.82, 2.24) is 4.98 Å². The molecule has 0 unspecified atom stereocenters. The Labute approximate surface area is 121 Å². The van der Waals surface area contributed by atoms with Crippen LogP contribution in [0, 0.1) is 13.8 Å². The molecule has 0 N–H and O–H groups in total. The Bertz CT molecular complexity index is 634. The fraction of sp³-hybridized carbons (Fsp3) is 0.167. The quantitative estimate of drug-likeness (QED) is 0.239. The van der Waals surface area contributed by atoms with E-state index in [1.165, 1.54) is 22.6 Å². The van der Waals surface area contributed by atoms with Crippen molar-refractivity contribution in [3.63, 3.8) is 0 Å². The summed E-state index contributed by atoms with van der Waals surface area (Å²) in [6.07, 6.45) is -5.12. The van der Waals surface area contributed by atoms with E-state index in [1.807, 2.05) is 0 Å². The summed E-state index contributed by atoms with van der Waals surface area (Å²) in [5.41, 5.74) is -1.16. The van der Waals surface area contributed by atoms with Crippen LogP contribution < -0.4 is 4.74 Å². The summed E-state index contributed by atoms with van der Waals surface area (Å²) in [5, 5.41) is 10.7. The van der Waals surface area contributed by atoms with Gasteiger partial charge in [-0.25, -0.2) is 13.4 Å². The highest BCUT2D eigenvalue weighted by molar-refractivity contribution is 14.1. The Balaban J connectivity index is 3.52. The molecule has 0 aliphatic heterocycles. The maximum absolute atomic E-state index is 12.0. The average Bonchev–Trinajstić information content (AvgIpc) is 2.10. The zero-order chi connectivity index (χ0) is 15.0. The molecule has 0 aliphatic rings. The van der Waals surface area contributed by atoms with Gasteiger partial charge in [0.25, 0.3) is 14.7 Å². The second-order valence-corrected chi connectivity index (χ2v) is 6.37.